The van der Waals surface area contributed by atoms with Crippen LogP contribution in [0.5, 0.6) is 5.75 Å². The number of likely N-dealkylation sites (tertiary alicyclic amines) is 1. The van der Waals surface area contributed by atoms with Gasteiger partial charge in [0.25, 0.3) is 0 Å². The molecule has 132 valence electrons. The molecule has 3 aliphatic rings. The number of fused-ring (bicyclic) bond motifs is 1. The summed E-state index contributed by atoms with van der Waals surface area (Å²) < 4.78 is 5.82. The van der Waals surface area contributed by atoms with Gasteiger partial charge in [0.1, 0.15) is 12.4 Å². The minimum atomic E-state index is 0.226. The molecule has 0 aromatic heterocycles. The Balaban J connectivity index is 1.28. The molecular formula is C22H27NO2. The van der Waals surface area contributed by atoms with E-state index in [1.165, 1.54) is 24.8 Å². The lowest BCUT2D eigenvalue weighted by Gasteiger charge is -2.16. The predicted molar refractivity (Wildman–Crippen MR) is 100.0 cm³/mol. The van der Waals surface area contributed by atoms with E-state index in [0.29, 0.717) is 13.2 Å². The first kappa shape index (κ1) is 16.6. The minimum Gasteiger partial charge on any atom is -0.489 e. The molecule has 0 amide bonds. The fourth-order valence-corrected chi connectivity index (χ4v) is 4.43. The van der Waals surface area contributed by atoms with Gasteiger partial charge in [0, 0.05) is 18.7 Å². The smallest absolute Gasteiger partial charge is 0.176 e. The fraction of sp³-hybridized carbons (Fsp3) is 0.500. The average Bonchev–Trinajstić information content (AvgIpc) is 3.23. The van der Waals surface area contributed by atoms with Crippen LogP contribution >= 0.6 is 0 Å². The van der Waals surface area contributed by atoms with Crippen LogP contribution in [0.15, 0.2) is 48.1 Å². The van der Waals surface area contributed by atoms with Crippen LogP contribution in [-0.4, -0.2) is 36.9 Å². The van der Waals surface area contributed by atoms with Crippen LogP contribution in [-0.2, 0) is 0 Å². The van der Waals surface area contributed by atoms with Crippen molar-refractivity contribution in [3.05, 3.63) is 53.6 Å². The molecular weight excluding hydrogens is 310 g/mol. The first-order valence-corrected chi connectivity index (χ1v) is 9.62. The van der Waals surface area contributed by atoms with Crippen molar-refractivity contribution in [3.8, 4) is 5.75 Å². The van der Waals surface area contributed by atoms with Crippen LogP contribution in [0.1, 0.15) is 42.5 Å². The average molecular weight is 337 g/mol. The zero-order chi connectivity index (χ0) is 17.1. The quantitative estimate of drug-likeness (QED) is 0.727. The number of ether oxygens (including phenoxy) is 1. The van der Waals surface area contributed by atoms with Crippen LogP contribution in [0.25, 0.3) is 0 Å². The van der Waals surface area contributed by atoms with E-state index in [2.05, 4.69) is 23.1 Å². The molecule has 1 saturated carbocycles. The van der Waals surface area contributed by atoms with Gasteiger partial charge in [0.05, 0.1) is 6.54 Å². The molecule has 0 bridgehead atoms. The summed E-state index contributed by atoms with van der Waals surface area (Å²) in [5, 5.41) is 0. The van der Waals surface area contributed by atoms with Crippen molar-refractivity contribution in [3.63, 3.8) is 0 Å². The van der Waals surface area contributed by atoms with Gasteiger partial charge in [0.2, 0.25) is 0 Å². The van der Waals surface area contributed by atoms with E-state index in [0.717, 1.165) is 49.1 Å². The van der Waals surface area contributed by atoms with Crippen molar-refractivity contribution in [2.24, 2.45) is 11.8 Å². The second-order valence-corrected chi connectivity index (χ2v) is 7.64. The molecule has 2 aliphatic carbocycles. The van der Waals surface area contributed by atoms with Gasteiger partial charge in [-0.25, -0.2) is 0 Å². The zero-order valence-electron chi connectivity index (χ0n) is 14.8. The largest absolute Gasteiger partial charge is 0.489 e. The van der Waals surface area contributed by atoms with Crippen molar-refractivity contribution in [1.29, 1.82) is 0 Å². The van der Waals surface area contributed by atoms with Crippen molar-refractivity contribution >= 4 is 5.78 Å². The molecule has 1 aliphatic heterocycles. The Kier molecular flexibility index (Phi) is 5.02. The van der Waals surface area contributed by atoms with Gasteiger partial charge in [-0.05, 0) is 67.4 Å². The van der Waals surface area contributed by atoms with Gasteiger partial charge >= 0.3 is 0 Å². The van der Waals surface area contributed by atoms with Crippen molar-refractivity contribution in [1.82, 2.24) is 4.90 Å². The van der Waals surface area contributed by atoms with Gasteiger partial charge in [-0.1, -0.05) is 24.6 Å². The number of benzene rings is 1. The molecule has 2 unspecified atom stereocenters. The standard InChI is InChI=1S/C22H27NO2/c24-22(15-23-13-19-7-4-8-20(19)14-23)18-9-11-21(12-10-18)25-16-17-5-2-1-3-6-17/h2,5-6,9-12,19-20H,1,3-4,7-8,13-16H2. The van der Waals surface area contributed by atoms with Crippen LogP contribution < -0.4 is 4.74 Å². The highest BCUT2D eigenvalue weighted by Gasteiger charge is 2.36. The second kappa shape index (κ2) is 7.57. The molecule has 1 aromatic carbocycles. The van der Waals surface area contributed by atoms with E-state index in [-0.39, 0.29) is 5.78 Å². The number of carbonyl (C=O) groups is 1. The van der Waals surface area contributed by atoms with E-state index in [9.17, 15) is 4.79 Å². The Labute approximate surface area is 150 Å². The van der Waals surface area contributed by atoms with Crippen LogP contribution in [0, 0.1) is 11.8 Å². The van der Waals surface area contributed by atoms with E-state index in [4.69, 9.17) is 4.74 Å². The Morgan fingerprint density at radius 2 is 1.84 bits per heavy atom. The Morgan fingerprint density at radius 1 is 1.08 bits per heavy atom. The van der Waals surface area contributed by atoms with Crippen molar-refractivity contribution in [2.45, 2.75) is 32.1 Å². The zero-order valence-corrected chi connectivity index (χ0v) is 14.8. The number of hydrogen-bond donors (Lipinski definition) is 0. The number of allylic oxidation sites excluding steroid dienone is 2. The van der Waals surface area contributed by atoms with E-state index in [1.54, 1.807) is 0 Å². The highest BCUT2D eigenvalue weighted by Crippen LogP contribution is 2.37. The van der Waals surface area contributed by atoms with Crippen LogP contribution in [0.3, 0.4) is 0 Å². The number of hydrogen-bond acceptors (Lipinski definition) is 3. The first-order valence-electron chi connectivity index (χ1n) is 9.62. The fourth-order valence-electron chi connectivity index (χ4n) is 4.43. The molecule has 4 rings (SSSR count). The lowest BCUT2D eigenvalue weighted by atomic mass is 10.0. The van der Waals surface area contributed by atoms with Gasteiger partial charge in [0.15, 0.2) is 5.78 Å². The number of Topliss-reactive ketones (excluding diaryl/α,β-unsaturated/α-hetero) is 1. The second-order valence-electron chi connectivity index (χ2n) is 7.64. The van der Waals surface area contributed by atoms with Gasteiger partial charge in [-0.15, -0.1) is 0 Å². The molecule has 25 heavy (non-hydrogen) atoms. The van der Waals surface area contributed by atoms with Crippen LogP contribution in [0.4, 0.5) is 0 Å². The Morgan fingerprint density at radius 3 is 2.52 bits per heavy atom. The maximum atomic E-state index is 12.5. The van der Waals surface area contributed by atoms with Crippen LogP contribution in [0.2, 0.25) is 0 Å². The monoisotopic (exact) mass is 337 g/mol. The third-order valence-corrected chi connectivity index (χ3v) is 5.82. The minimum absolute atomic E-state index is 0.226. The maximum absolute atomic E-state index is 12.5. The summed E-state index contributed by atoms with van der Waals surface area (Å²) >= 11 is 0. The summed E-state index contributed by atoms with van der Waals surface area (Å²) in [7, 11) is 0. The van der Waals surface area contributed by atoms with E-state index < -0.39 is 0 Å². The molecule has 3 nitrogen and oxygen atoms in total. The molecule has 1 saturated heterocycles. The number of nitrogens with zero attached hydrogens (tertiary/aromatic N) is 1. The van der Waals surface area contributed by atoms with Gasteiger partial charge < -0.3 is 4.74 Å². The van der Waals surface area contributed by atoms with Crippen molar-refractivity contribution in [2.75, 3.05) is 26.2 Å². The summed E-state index contributed by atoms with van der Waals surface area (Å²) in [5.41, 5.74) is 2.02. The Hall–Kier alpha value is -1.87. The molecule has 2 atom stereocenters. The number of ketones is 1. The molecule has 0 radical (unpaired) electrons. The highest BCUT2D eigenvalue weighted by molar-refractivity contribution is 5.97. The first-order chi connectivity index (χ1) is 12.3. The molecule has 3 heteroatoms. The molecule has 0 spiro atoms. The summed E-state index contributed by atoms with van der Waals surface area (Å²) in [5.74, 6) is 2.73. The number of rotatable bonds is 6. The Bertz CT molecular complexity index is 662. The van der Waals surface area contributed by atoms with E-state index >= 15 is 0 Å². The molecule has 2 fully saturated rings. The lowest BCUT2D eigenvalue weighted by Crippen LogP contribution is -2.28. The molecule has 1 heterocycles. The molecule has 1 aromatic rings. The summed E-state index contributed by atoms with van der Waals surface area (Å²) in [6.45, 7) is 3.38. The van der Waals surface area contributed by atoms with Gasteiger partial charge in [-0.3, -0.25) is 9.69 Å². The summed E-state index contributed by atoms with van der Waals surface area (Å²) in [4.78, 5) is 14.9. The normalized spacial score (nSPS) is 25.7. The SMILES string of the molecule is O=C(CN1CC2CCCC2C1)c1ccc(OCC2=CCCC=C2)cc1. The highest BCUT2D eigenvalue weighted by atomic mass is 16.5. The lowest BCUT2D eigenvalue weighted by molar-refractivity contribution is 0.0941. The third kappa shape index (κ3) is 4.04. The maximum Gasteiger partial charge on any atom is 0.176 e. The number of carbonyl (C=O) groups excluding carboxylic acids is 1. The van der Waals surface area contributed by atoms with Gasteiger partial charge in [-0.2, -0.15) is 0 Å². The third-order valence-electron chi connectivity index (χ3n) is 5.82. The van der Waals surface area contributed by atoms with Crippen molar-refractivity contribution < 1.29 is 9.53 Å². The van der Waals surface area contributed by atoms with E-state index in [1.807, 2.05) is 24.3 Å². The summed E-state index contributed by atoms with van der Waals surface area (Å²) in [6.07, 6.45) is 12.9. The summed E-state index contributed by atoms with van der Waals surface area (Å²) in [6, 6.07) is 7.64. The topological polar surface area (TPSA) is 29.5 Å². The molecule has 0 N–H and O–H groups in total. The predicted octanol–water partition coefficient (Wildman–Crippen LogP) is 4.26.